The Morgan fingerprint density at radius 2 is 2.31 bits per heavy atom. The van der Waals surface area contributed by atoms with Gasteiger partial charge in [-0.1, -0.05) is 6.07 Å². The van der Waals surface area contributed by atoms with Gasteiger partial charge in [-0.15, -0.1) is 0 Å². The molecule has 7 heteroatoms. The van der Waals surface area contributed by atoms with E-state index in [0.29, 0.717) is 10.1 Å². The third-order valence-electron chi connectivity index (χ3n) is 2.06. The smallest absolute Gasteiger partial charge is 0.309 e. The quantitative estimate of drug-likeness (QED) is 0.650. The first kappa shape index (κ1) is 10.5. The summed E-state index contributed by atoms with van der Waals surface area (Å²) in [6.07, 6.45) is -0.301. The Morgan fingerprint density at radius 3 is 2.94 bits per heavy atom. The minimum atomic E-state index is -1.05. The molecule has 0 saturated carbocycles. The highest BCUT2D eigenvalue weighted by molar-refractivity contribution is 7.13. The fourth-order valence-electron chi connectivity index (χ4n) is 1.45. The van der Waals surface area contributed by atoms with E-state index in [-0.39, 0.29) is 17.8 Å². The van der Waals surface area contributed by atoms with E-state index in [2.05, 4.69) is 4.37 Å². The summed E-state index contributed by atoms with van der Waals surface area (Å²) in [6.45, 7) is 0. The summed E-state index contributed by atoms with van der Waals surface area (Å²) >= 11 is 1.07. The third kappa shape index (κ3) is 1.72. The predicted molar refractivity (Wildman–Crippen MR) is 57.6 cm³/mol. The Bertz CT molecular complexity index is 578. The Labute approximate surface area is 93.5 Å². The highest BCUT2D eigenvalue weighted by Crippen LogP contribution is 2.31. The monoisotopic (exact) mass is 238 g/mol. The molecule has 6 nitrogen and oxygen atoms in total. The van der Waals surface area contributed by atoms with Gasteiger partial charge in [0.2, 0.25) is 0 Å². The van der Waals surface area contributed by atoms with E-state index in [1.165, 1.54) is 6.07 Å². The molecule has 0 spiro atoms. The summed E-state index contributed by atoms with van der Waals surface area (Å²) in [5, 5.41) is 19.8. The average Bonchev–Trinajstić information content (AvgIpc) is 2.60. The molecule has 0 bridgehead atoms. The molecule has 0 fully saturated rings. The van der Waals surface area contributed by atoms with Crippen molar-refractivity contribution < 1.29 is 14.8 Å². The van der Waals surface area contributed by atoms with Crippen LogP contribution < -0.4 is 0 Å². The molecule has 0 radical (unpaired) electrons. The van der Waals surface area contributed by atoms with Crippen LogP contribution in [0.3, 0.4) is 0 Å². The van der Waals surface area contributed by atoms with Crippen LogP contribution in [0.2, 0.25) is 0 Å². The summed E-state index contributed by atoms with van der Waals surface area (Å²) in [5.74, 6) is -1.05. The van der Waals surface area contributed by atoms with Crippen LogP contribution in [0.1, 0.15) is 5.69 Å². The predicted octanol–water partition coefficient (Wildman–Crippen LogP) is 1.83. The number of benzene rings is 1. The Balaban J connectivity index is 2.67. The molecule has 1 aromatic heterocycles. The number of aromatic nitrogens is 1. The van der Waals surface area contributed by atoms with Crippen molar-refractivity contribution in [1.29, 1.82) is 0 Å². The van der Waals surface area contributed by atoms with Crippen molar-refractivity contribution in [1.82, 2.24) is 4.37 Å². The molecule has 1 aromatic carbocycles. The minimum Gasteiger partial charge on any atom is -0.481 e. The molecule has 0 aliphatic carbocycles. The summed E-state index contributed by atoms with van der Waals surface area (Å²) < 4.78 is 4.56. The van der Waals surface area contributed by atoms with E-state index in [9.17, 15) is 14.9 Å². The summed E-state index contributed by atoms with van der Waals surface area (Å²) in [6, 6.07) is 4.59. The maximum atomic E-state index is 10.8. The molecule has 2 rings (SSSR count). The van der Waals surface area contributed by atoms with E-state index in [0.717, 1.165) is 11.5 Å². The first-order valence-electron chi connectivity index (χ1n) is 4.33. The zero-order valence-electron chi connectivity index (χ0n) is 7.91. The molecule has 2 aromatic rings. The van der Waals surface area contributed by atoms with Gasteiger partial charge in [-0.2, -0.15) is 4.37 Å². The third-order valence-corrected chi connectivity index (χ3v) is 2.91. The first-order chi connectivity index (χ1) is 7.59. The van der Waals surface area contributed by atoms with Crippen molar-refractivity contribution in [2.75, 3.05) is 0 Å². The molecule has 0 amide bonds. The van der Waals surface area contributed by atoms with Gasteiger partial charge in [-0.3, -0.25) is 14.9 Å². The van der Waals surface area contributed by atoms with Crippen LogP contribution in [-0.4, -0.2) is 20.4 Å². The number of carboxylic acid groups (broad SMARTS) is 1. The van der Waals surface area contributed by atoms with Gasteiger partial charge in [0.05, 0.1) is 27.1 Å². The number of carbonyl (C=O) groups is 1. The van der Waals surface area contributed by atoms with Crippen molar-refractivity contribution in [3.05, 3.63) is 34.0 Å². The summed E-state index contributed by atoms with van der Waals surface area (Å²) in [7, 11) is 0. The van der Waals surface area contributed by atoms with Crippen molar-refractivity contribution in [3.8, 4) is 0 Å². The van der Waals surface area contributed by atoms with Crippen molar-refractivity contribution in [3.63, 3.8) is 0 Å². The van der Waals surface area contributed by atoms with E-state index in [1.54, 1.807) is 12.1 Å². The second-order valence-electron chi connectivity index (χ2n) is 3.11. The van der Waals surface area contributed by atoms with Gasteiger partial charge in [0.25, 0.3) is 5.69 Å². The SMILES string of the molecule is O=C(O)Cc1nsc2cccc([N+](=O)[O-])c12. The lowest BCUT2D eigenvalue weighted by atomic mass is 10.1. The largest absolute Gasteiger partial charge is 0.481 e. The maximum Gasteiger partial charge on any atom is 0.309 e. The Kier molecular flexibility index (Phi) is 2.53. The molecule has 0 unspecified atom stereocenters. The van der Waals surface area contributed by atoms with Crippen molar-refractivity contribution in [2.45, 2.75) is 6.42 Å². The molecule has 0 aliphatic heterocycles. The lowest BCUT2D eigenvalue weighted by Gasteiger charge is -1.95. The van der Waals surface area contributed by atoms with E-state index >= 15 is 0 Å². The maximum absolute atomic E-state index is 10.8. The summed E-state index contributed by atoms with van der Waals surface area (Å²) in [5.41, 5.74) is 0.155. The van der Waals surface area contributed by atoms with Crippen LogP contribution in [0.15, 0.2) is 18.2 Å². The van der Waals surface area contributed by atoms with E-state index in [4.69, 9.17) is 5.11 Å². The van der Waals surface area contributed by atoms with Crippen LogP contribution >= 0.6 is 11.5 Å². The van der Waals surface area contributed by atoms with Crippen LogP contribution in [0, 0.1) is 10.1 Å². The zero-order valence-corrected chi connectivity index (χ0v) is 8.73. The van der Waals surface area contributed by atoms with Gasteiger partial charge in [-0.25, -0.2) is 0 Å². The zero-order chi connectivity index (χ0) is 11.7. The van der Waals surface area contributed by atoms with Crippen LogP contribution in [0.25, 0.3) is 10.1 Å². The molecule has 0 aliphatic rings. The lowest BCUT2D eigenvalue weighted by molar-refractivity contribution is -0.383. The molecule has 0 atom stereocenters. The normalized spacial score (nSPS) is 10.5. The van der Waals surface area contributed by atoms with Gasteiger partial charge in [0.15, 0.2) is 0 Å². The molecule has 1 heterocycles. The number of fused-ring (bicyclic) bond motifs is 1. The van der Waals surface area contributed by atoms with Crippen LogP contribution in [0.4, 0.5) is 5.69 Å². The van der Waals surface area contributed by atoms with Gasteiger partial charge in [0.1, 0.15) is 0 Å². The number of carboxylic acids is 1. The number of non-ortho nitro benzene ring substituents is 1. The highest BCUT2D eigenvalue weighted by Gasteiger charge is 2.19. The van der Waals surface area contributed by atoms with Gasteiger partial charge in [-0.05, 0) is 17.6 Å². The van der Waals surface area contributed by atoms with Crippen molar-refractivity contribution in [2.24, 2.45) is 0 Å². The Morgan fingerprint density at radius 1 is 1.56 bits per heavy atom. The van der Waals surface area contributed by atoms with Crippen LogP contribution in [0.5, 0.6) is 0 Å². The number of nitro groups is 1. The first-order valence-corrected chi connectivity index (χ1v) is 5.10. The molecule has 1 N–H and O–H groups in total. The Hall–Kier alpha value is -2.02. The highest BCUT2D eigenvalue weighted by atomic mass is 32.1. The van der Waals surface area contributed by atoms with E-state index < -0.39 is 10.9 Å². The minimum absolute atomic E-state index is 0.0949. The number of hydrogen-bond donors (Lipinski definition) is 1. The van der Waals surface area contributed by atoms with Gasteiger partial charge in [0, 0.05) is 6.07 Å². The second-order valence-corrected chi connectivity index (χ2v) is 3.91. The molecule has 0 saturated heterocycles. The fraction of sp³-hybridized carbons (Fsp3) is 0.111. The van der Waals surface area contributed by atoms with E-state index in [1.807, 2.05) is 0 Å². The molecular weight excluding hydrogens is 232 g/mol. The number of rotatable bonds is 3. The molecular formula is C9H6N2O4S. The lowest BCUT2D eigenvalue weighted by Crippen LogP contribution is -2.01. The topological polar surface area (TPSA) is 93.3 Å². The van der Waals surface area contributed by atoms with Gasteiger partial charge < -0.3 is 5.11 Å². The average molecular weight is 238 g/mol. The number of nitro benzene ring substituents is 1. The van der Waals surface area contributed by atoms with Crippen molar-refractivity contribution >= 4 is 33.3 Å². The molecule has 16 heavy (non-hydrogen) atoms. The second kappa shape index (κ2) is 3.86. The standard InChI is InChI=1S/C9H6N2O4S/c12-8(13)4-5-9-6(11(14)15)2-1-3-7(9)16-10-5/h1-3H,4H2,(H,12,13). The summed E-state index contributed by atoms with van der Waals surface area (Å²) in [4.78, 5) is 20.8. The number of hydrogen-bond acceptors (Lipinski definition) is 5. The number of aliphatic carboxylic acids is 1. The molecule has 82 valence electrons. The van der Waals surface area contributed by atoms with Gasteiger partial charge >= 0.3 is 5.97 Å². The van der Waals surface area contributed by atoms with Crippen LogP contribution in [-0.2, 0) is 11.2 Å². The number of nitrogens with zero attached hydrogens (tertiary/aromatic N) is 2. The fourth-order valence-corrected chi connectivity index (χ4v) is 2.27.